The van der Waals surface area contributed by atoms with Crippen LogP contribution in [0, 0.1) is 5.92 Å². The molecule has 2 N–H and O–H groups in total. The lowest BCUT2D eigenvalue weighted by molar-refractivity contribution is -0.286. The molecule has 1 aliphatic carbocycles. The third-order valence-electron chi connectivity index (χ3n) is 3.97. The van der Waals surface area contributed by atoms with Crippen LogP contribution in [-0.4, -0.2) is 6.29 Å². The van der Waals surface area contributed by atoms with Gasteiger partial charge < -0.3 is 15.2 Å². The number of hydrogen-bond acceptors (Lipinski definition) is 3. The van der Waals surface area contributed by atoms with Crippen molar-refractivity contribution in [3.05, 3.63) is 23.8 Å². The van der Waals surface area contributed by atoms with Gasteiger partial charge in [-0.3, -0.25) is 0 Å². The summed E-state index contributed by atoms with van der Waals surface area (Å²) < 4.78 is 34.7. The summed E-state index contributed by atoms with van der Waals surface area (Å²) in [5.41, 5.74) is 7.09. The van der Waals surface area contributed by atoms with Crippen molar-refractivity contribution < 1.29 is 18.3 Å². The van der Waals surface area contributed by atoms with Crippen molar-refractivity contribution in [2.24, 2.45) is 11.7 Å². The Kier molecular flexibility index (Phi) is 3.09. The standard InChI is InChI=1S/C14H17F2NO2/c15-14(16)18-11-7-6-10(8-12(11)19-14)13(17)9-4-2-1-3-5-9/h6-9,13H,1-5,17H2. The minimum Gasteiger partial charge on any atom is -0.395 e. The van der Waals surface area contributed by atoms with Gasteiger partial charge in [0.2, 0.25) is 0 Å². The summed E-state index contributed by atoms with van der Waals surface area (Å²) in [5.74, 6) is 0.577. The van der Waals surface area contributed by atoms with Crippen LogP contribution in [0.3, 0.4) is 0 Å². The molecular formula is C14H17F2NO2. The third-order valence-corrected chi connectivity index (χ3v) is 3.97. The summed E-state index contributed by atoms with van der Waals surface area (Å²) in [4.78, 5) is 0. The lowest BCUT2D eigenvalue weighted by Crippen LogP contribution is -2.26. The van der Waals surface area contributed by atoms with Crippen LogP contribution in [0.25, 0.3) is 0 Å². The Morgan fingerprint density at radius 2 is 1.79 bits per heavy atom. The van der Waals surface area contributed by atoms with Crippen molar-refractivity contribution >= 4 is 0 Å². The molecule has 1 saturated carbocycles. The predicted molar refractivity (Wildman–Crippen MR) is 66.1 cm³/mol. The average Bonchev–Trinajstić information content (AvgIpc) is 2.71. The number of halogens is 2. The van der Waals surface area contributed by atoms with Crippen LogP contribution in [0.1, 0.15) is 43.7 Å². The molecule has 3 rings (SSSR count). The first-order chi connectivity index (χ1) is 9.05. The van der Waals surface area contributed by atoms with E-state index in [2.05, 4.69) is 9.47 Å². The molecule has 1 fully saturated rings. The Morgan fingerprint density at radius 1 is 1.11 bits per heavy atom. The van der Waals surface area contributed by atoms with E-state index in [4.69, 9.17) is 5.73 Å². The summed E-state index contributed by atoms with van der Waals surface area (Å²) >= 11 is 0. The van der Waals surface area contributed by atoms with E-state index in [1.54, 1.807) is 12.1 Å². The van der Waals surface area contributed by atoms with Crippen molar-refractivity contribution in [3.63, 3.8) is 0 Å². The van der Waals surface area contributed by atoms with Crippen LogP contribution in [0.2, 0.25) is 0 Å². The molecule has 104 valence electrons. The first-order valence-corrected chi connectivity index (χ1v) is 6.70. The molecule has 0 aromatic heterocycles. The van der Waals surface area contributed by atoms with E-state index in [0.717, 1.165) is 18.4 Å². The van der Waals surface area contributed by atoms with Crippen molar-refractivity contribution in [1.82, 2.24) is 0 Å². The van der Waals surface area contributed by atoms with Crippen molar-refractivity contribution in [3.8, 4) is 11.5 Å². The van der Waals surface area contributed by atoms with Gasteiger partial charge >= 0.3 is 6.29 Å². The maximum Gasteiger partial charge on any atom is 0.586 e. The van der Waals surface area contributed by atoms with Crippen LogP contribution in [-0.2, 0) is 0 Å². The molecule has 1 aliphatic heterocycles. The lowest BCUT2D eigenvalue weighted by atomic mass is 9.81. The molecule has 0 bridgehead atoms. The van der Waals surface area contributed by atoms with E-state index in [9.17, 15) is 8.78 Å². The highest BCUT2D eigenvalue weighted by atomic mass is 19.3. The first-order valence-electron chi connectivity index (χ1n) is 6.70. The minimum atomic E-state index is -3.56. The number of nitrogens with two attached hydrogens (primary N) is 1. The molecule has 0 saturated heterocycles. The van der Waals surface area contributed by atoms with Gasteiger partial charge in [0.1, 0.15) is 0 Å². The Labute approximate surface area is 110 Å². The number of hydrogen-bond donors (Lipinski definition) is 1. The highest BCUT2D eigenvalue weighted by molar-refractivity contribution is 5.46. The van der Waals surface area contributed by atoms with Crippen molar-refractivity contribution in [1.29, 1.82) is 0 Å². The molecule has 1 aromatic rings. The largest absolute Gasteiger partial charge is 0.586 e. The van der Waals surface area contributed by atoms with E-state index in [0.29, 0.717) is 5.92 Å². The summed E-state index contributed by atoms with van der Waals surface area (Å²) in [6.45, 7) is 0. The topological polar surface area (TPSA) is 44.5 Å². The van der Waals surface area contributed by atoms with Gasteiger partial charge in [0.05, 0.1) is 0 Å². The summed E-state index contributed by atoms with van der Waals surface area (Å²) in [5, 5.41) is 0. The lowest BCUT2D eigenvalue weighted by Gasteiger charge is -2.27. The first kappa shape index (κ1) is 12.7. The van der Waals surface area contributed by atoms with Crippen LogP contribution in [0.5, 0.6) is 11.5 Å². The summed E-state index contributed by atoms with van der Waals surface area (Å²) in [6.07, 6.45) is 2.30. The maximum absolute atomic E-state index is 12.9. The summed E-state index contributed by atoms with van der Waals surface area (Å²) in [6, 6.07) is 4.72. The smallest absolute Gasteiger partial charge is 0.395 e. The highest BCUT2D eigenvalue weighted by Crippen LogP contribution is 2.43. The van der Waals surface area contributed by atoms with E-state index < -0.39 is 6.29 Å². The van der Waals surface area contributed by atoms with Crippen LogP contribution < -0.4 is 15.2 Å². The monoisotopic (exact) mass is 269 g/mol. The fourth-order valence-electron chi connectivity index (χ4n) is 2.94. The van der Waals surface area contributed by atoms with Gasteiger partial charge in [-0.25, -0.2) is 0 Å². The maximum atomic E-state index is 12.9. The second-order valence-corrected chi connectivity index (χ2v) is 5.30. The second-order valence-electron chi connectivity index (χ2n) is 5.30. The van der Waals surface area contributed by atoms with Crippen LogP contribution in [0.15, 0.2) is 18.2 Å². The zero-order valence-electron chi connectivity index (χ0n) is 10.6. The Morgan fingerprint density at radius 3 is 2.53 bits per heavy atom. The third kappa shape index (κ3) is 2.52. The number of benzene rings is 1. The normalized spacial score (nSPS) is 23.3. The van der Waals surface area contributed by atoms with Gasteiger partial charge in [0.25, 0.3) is 0 Å². The molecule has 0 radical (unpaired) electrons. The SMILES string of the molecule is NC(c1ccc2c(c1)OC(F)(F)O2)C1CCCCC1. The fourth-order valence-corrected chi connectivity index (χ4v) is 2.94. The van der Waals surface area contributed by atoms with Gasteiger partial charge in [0.15, 0.2) is 11.5 Å². The molecule has 3 nitrogen and oxygen atoms in total. The average molecular weight is 269 g/mol. The molecule has 1 heterocycles. The van der Waals surface area contributed by atoms with Gasteiger partial charge in [-0.2, -0.15) is 0 Å². The quantitative estimate of drug-likeness (QED) is 0.892. The molecule has 1 atom stereocenters. The summed E-state index contributed by atoms with van der Waals surface area (Å²) in [7, 11) is 0. The molecular weight excluding hydrogens is 252 g/mol. The van der Waals surface area contributed by atoms with Crippen molar-refractivity contribution in [2.75, 3.05) is 0 Å². The van der Waals surface area contributed by atoms with Crippen molar-refractivity contribution in [2.45, 2.75) is 44.4 Å². The molecule has 1 aromatic carbocycles. The number of rotatable bonds is 2. The molecule has 0 spiro atoms. The van der Waals surface area contributed by atoms with Gasteiger partial charge in [0, 0.05) is 6.04 Å². The Bertz CT molecular complexity index is 473. The van der Waals surface area contributed by atoms with Crippen LogP contribution in [0.4, 0.5) is 8.78 Å². The van der Waals surface area contributed by atoms with Gasteiger partial charge in [-0.1, -0.05) is 25.3 Å². The van der Waals surface area contributed by atoms with Gasteiger partial charge in [-0.05, 0) is 36.5 Å². The molecule has 0 amide bonds. The van der Waals surface area contributed by atoms with Gasteiger partial charge in [-0.15, -0.1) is 8.78 Å². The number of fused-ring (bicyclic) bond motifs is 1. The highest BCUT2D eigenvalue weighted by Gasteiger charge is 2.43. The Balaban J connectivity index is 1.79. The number of alkyl halides is 2. The van der Waals surface area contributed by atoms with E-state index >= 15 is 0 Å². The number of ether oxygens (including phenoxy) is 2. The second kappa shape index (κ2) is 4.63. The predicted octanol–water partition coefficient (Wildman–Crippen LogP) is 3.59. The molecule has 2 aliphatic rings. The molecule has 19 heavy (non-hydrogen) atoms. The van der Waals surface area contributed by atoms with E-state index in [1.807, 2.05) is 0 Å². The minimum absolute atomic E-state index is 0.0737. The van der Waals surface area contributed by atoms with Crippen LogP contribution >= 0.6 is 0 Å². The fraction of sp³-hybridized carbons (Fsp3) is 0.571. The van der Waals surface area contributed by atoms with E-state index in [-0.39, 0.29) is 17.5 Å². The molecule has 5 heteroatoms. The van der Waals surface area contributed by atoms with E-state index in [1.165, 1.54) is 25.3 Å². The zero-order valence-corrected chi connectivity index (χ0v) is 10.6. The zero-order chi connectivity index (χ0) is 13.5. The Hall–Kier alpha value is -1.36. The molecule has 1 unspecified atom stereocenters.